The van der Waals surface area contributed by atoms with Crippen LogP contribution in [0, 0.1) is 0 Å². The zero-order valence-electron chi connectivity index (χ0n) is 14.6. The van der Waals surface area contributed by atoms with Crippen molar-refractivity contribution in [3.05, 3.63) is 47.3 Å². The van der Waals surface area contributed by atoms with E-state index in [-0.39, 0.29) is 11.4 Å². The van der Waals surface area contributed by atoms with E-state index >= 15 is 0 Å². The number of ether oxygens (including phenoxy) is 1. The summed E-state index contributed by atoms with van der Waals surface area (Å²) in [5.41, 5.74) is 0.530. The van der Waals surface area contributed by atoms with Crippen LogP contribution in [0.4, 0.5) is 0 Å². The molecule has 0 saturated carbocycles. The van der Waals surface area contributed by atoms with Gasteiger partial charge in [-0.25, -0.2) is 0 Å². The summed E-state index contributed by atoms with van der Waals surface area (Å²) in [5, 5.41) is 52.1. The van der Waals surface area contributed by atoms with Gasteiger partial charge in [-0.05, 0) is 12.5 Å². The number of hydrogen-bond acceptors (Lipinski definition) is 8. The molecule has 1 saturated heterocycles. The van der Waals surface area contributed by atoms with Gasteiger partial charge >= 0.3 is 0 Å². The number of benzene rings is 1. The Hall–Kier alpha value is -2.37. The van der Waals surface area contributed by atoms with Crippen LogP contribution in [-0.4, -0.2) is 72.7 Å². The summed E-state index contributed by atoms with van der Waals surface area (Å²) in [6, 6.07) is 8.24. The Balaban J connectivity index is 1.73. The van der Waals surface area contributed by atoms with Crippen LogP contribution in [0.3, 0.4) is 0 Å². The molecule has 1 aromatic carbocycles. The number of aliphatic hydroxyl groups excluding tert-OH is 4. The number of nitrogens with one attached hydrogen (secondary N) is 2. The second-order valence-electron chi connectivity index (χ2n) is 6.43. The van der Waals surface area contributed by atoms with Crippen LogP contribution >= 0.6 is 0 Å². The van der Waals surface area contributed by atoms with Crippen molar-refractivity contribution >= 4 is 5.91 Å². The van der Waals surface area contributed by atoms with E-state index in [0.29, 0.717) is 5.56 Å². The van der Waals surface area contributed by atoms with Crippen LogP contribution in [0.15, 0.2) is 30.3 Å². The Morgan fingerprint density at radius 3 is 2.59 bits per heavy atom. The summed E-state index contributed by atoms with van der Waals surface area (Å²) >= 11 is 0. The molecule has 2 heterocycles. The molecule has 1 aliphatic heterocycles. The molecule has 0 aliphatic carbocycles. The maximum atomic E-state index is 12.6. The number of aliphatic hydroxyl groups is 4. The molecule has 10 nitrogen and oxygen atoms in total. The number of aromatic nitrogens is 3. The van der Waals surface area contributed by atoms with E-state index in [1.807, 2.05) is 6.07 Å². The van der Waals surface area contributed by atoms with Crippen LogP contribution in [-0.2, 0) is 4.74 Å². The standard InChI is InChI=1S/C17H22N4O6/c1-8(13(23)9-5-3-2-4-6-9)18-17(26)12-11(19-21-20-12)16-15(25)14(24)10(7-22)27-16/h2-6,8,10,13-16,22-25H,7H2,1H3,(H,18,26)(H,19,20,21)/t8-,10+,13-,14+,15+,16-/m0/s1. The molecule has 2 aromatic rings. The molecule has 0 bridgehead atoms. The molecular weight excluding hydrogens is 356 g/mol. The fourth-order valence-electron chi connectivity index (χ4n) is 3.02. The number of carbonyl (C=O) groups excluding carboxylic acids is 1. The molecular formula is C17H22N4O6. The zero-order chi connectivity index (χ0) is 19.6. The molecule has 3 rings (SSSR count). The fraction of sp³-hybridized carbons (Fsp3) is 0.471. The Morgan fingerprint density at radius 2 is 1.96 bits per heavy atom. The number of rotatable bonds is 6. The normalized spacial score (nSPS) is 27.3. The molecule has 1 amide bonds. The van der Waals surface area contributed by atoms with E-state index in [9.17, 15) is 25.2 Å². The summed E-state index contributed by atoms with van der Waals surface area (Å²) in [6.07, 6.45) is -5.72. The Labute approximate surface area is 154 Å². The number of nitrogens with zero attached hydrogens (tertiary/aromatic N) is 2. The highest BCUT2D eigenvalue weighted by Gasteiger charge is 2.46. The summed E-state index contributed by atoms with van der Waals surface area (Å²) in [4.78, 5) is 12.6. The van der Waals surface area contributed by atoms with Gasteiger partial charge in [0, 0.05) is 0 Å². The third kappa shape index (κ3) is 3.84. The van der Waals surface area contributed by atoms with E-state index < -0.39 is 49.1 Å². The van der Waals surface area contributed by atoms with Gasteiger partial charge in [-0.3, -0.25) is 4.79 Å². The second kappa shape index (κ2) is 8.11. The van der Waals surface area contributed by atoms with Crippen molar-refractivity contribution in [2.45, 2.75) is 43.5 Å². The van der Waals surface area contributed by atoms with Crippen LogP contribution in [0.25, 0.3) is 0 Å². The molecule has 0 unspecified atom stereocenters. The van der Waals surface area contributed by atoms with Gasteiger partial charge in [0.05, 0.1) is 18.8 Å². The predicted molar refractivity (Wildman–Crippen MR) is 91.4 cm³/mol. The SMILES string of the molecule is C[C@H](NC(=O)c1n[nH]nc1[C@@H]1O[C@H](CO)[C@@H](O)[C@H]1O)[C@H](O)c1ccccc1. The minimum absolute atomic E-state index is 0.0106. The van der Waals surface area contributed by atoms with Crippen molar-refractivity contribution in [3.63, 3.8) is 0 Å². The maximum absolute atomic E-state index is 12.6. The molecule has 0 radical (unpaired) electrons. The van der Waals surface area contributed by atoms with Gasteiger partial charge in [-0.1, -0.05) is 30.3 Å². The number of hydrogen-bond donors (Lipinski definition) is 6. The van der Waals surface area contributed by atoms with E-state index in [1.54, 1.807) is 31.2 Å². The molecule has 1 aliphatic rings. The molecule has 146 valence electrons. The van der Waals surface area contributed by atoms with Crippen molar-refractivity contribution in [1.29, 1.82) is 0 Å². The Morgan fingerprint density at radius 1 is 1.26 bits per heavy atom. The Bertz CT molecular complexity index is 770. The number of amides is 1. The summed E-state index contributed by atoms with van der Waals surface area (Å²) in [5.74, 6) is -0.626. The van der Waals surface area contributed by atoms with Crippen LogP contribution in [0.2, 0.25) is 0 Å². The average Bonchev–Trinajstić information content (AvgIpc) is 3.27. The predicted octanol–water partition coefficient (Wildman–Crippen LogP) is -1.19. The first-order valence-corrected chi connectivity index (χ1v) is 8.51. The lowest BCUT2D eigenvalue weighted by atomic mass is 10.0. The van der Waals surface area contributed by atoms with Crippen molar-refractivity contribution in [1.82, 2.24) is 20.7 Å². The first kappa shape index (κ1) is 19.4. The van der Waals surface area contributed by atoms with Gasteiger partial charge in [-0.2, -0.15) is 15.4 Å². The van der Waals surface area contributed by atoms with Crippen molar-refractivity contribution in [2.75, 3.05) is 6.61 Å². The van der Waals surface area contributed by atoms with E-state index in [1.165, 1.54) is 0 Å². The third-order valence-corrected chi connectivity index (χ3v) is 4.58. The summed E-state index contributed by atoms with van der Waals surface area (Å²) in [6.45, 7) is 1.15. The van der Waals surface area contributed by atoms with E-state index in [2.05, 4.69) is 20.7 Å². The number of H-pyrrole nitrogens is 1. The first-order valence-electron chi connectivity index (χ1n) is 8.51. The minimum atomic E-state index is -1.37. The largest absolute Gasteiger partial charge is 0.394 e. The minimum Gasteiger partial charge on any atom is -0.394 e. The molecule has 1 fully saturated rings. The molecule has 6 N–H and O–H groups in total. The van der Waals surface area contributed by atoms with E-state index in [4.69, 9.17) is 4.74 Å². The van der Waals surface area contributed by atoms with Crippen molar-refractivity contribution in [3.8, 4) is 0 Å². The highest BCUT2D eigenvalue weighted by atomic mass is 16.6. The van der Waals surface area contributed by atoms with Crippen LogP contribution in [0.5, 0.6) is 0 Å². The van der Waals surface area contributed by atoms with Gasteiger partial charge < -0.3 is 30.5 Å². The summed E-state index contributed by atoms with van der Waals surface area (Å²) in [7, 11) is 0. The topological polar surface area (TPSA) is 161 Å². The second-order valence-corrected chi connectivity index (χ2v) is 6.43. The van der Waals surface area contributed by atoms with Crippen LogP contribution in [0.1, 0.15) is 40.9 Å². The van der Waals surface area contributed by atoms with E-state index in [0.717, 1.165) is 0 Å². The number of carbonyl (C=O) groups is 1. The average molecular weight is 378 g/mol. The lowest BCUT2D eigenvalue weighted by Gasteiger charge is -2.20. The molecule has 0 spiro atoms. The monoisotopic (exact) mass is 378 g/mol. The molecule has 6 atom stereocenters. The van der Waals surface area contributed by atoms with Gasteiger partial charge in [-0.15, -0.1) is 0 Å². The van der Waals surface area contributed by atoms with Gasteiger partial charge in [0.2, 0.25) is 0 Å². The van der Waals surface area contributed by atoms with Gasteiger partial charge in [0.25, 0.3) is 5.91 Å². The summed E-state index contributed by atoms with van der Waals surface area (Å²) < 4.78 is 5.39. The number of aromatic amines is 1. The lowest BCUT2D eigenvalue weighted by Crippen LogP contribution is -2.38. The molecule has 1 aromatic heterocycles. The lowest BCUT2D eigenvalue weighted by molar-refractivity contribution is -0.0241. The maximum Gasteiger partial charge on any atom is 0.274 e. The van der Waals surface area contributed by atoms with Crippen molar-refractivity contribution in [2.24, 2.45) is 0 Å². The molecule has 27 heavy (non-hydrogen) atoms. The van der Waals surface area contributed by atoms with Crippen molar-refractivity contribution < 1.29 is 30.0 Å². The fourth-order valence-corrected chi connectivity index (χ4v) is 3.02. The van der Waals surface area contributed by atoms with Crippen LogP contribution < -0.4 is 5.32 Å². The third-order valence-electron chi connectivity index (χ3n) is 4.58. The molecule has 10 heteroatoms. The quantitative estimate of drug-likeness (QED) is 0.366. The highest BCUT2D eigenvalue weighted by molar-refractivity contribution is 5.93. The highest BCUT2D eigenvalue weighted by Crippen LogP contribution is 2.33. The smallest absolute Gasteiger partial charge is 0.274 e. The zero-order valence-corrected chi connectivity index (χ0v) is 14.6. The first-order chi connectivity index (χ1) is 12.9. The van der Waals surface area contributed by atoms with Gasteiger partial charge in [0.1, 0.15) is 30.1 Å². The Kier molecular flexibility index (Phi) is 5.82. The van der Waals surface area contributed by atoms with Gasteiger partial charge in [0.15, 0.2) is 5.69 Å².